The summed E-state index contributed by atoms with van der Waals surface area (Å²) in [6, 6.07) is 12.8. The number of benzene rings is 2. The second-order valence-corrected chi connectivity index (χ2v) is 4.31. The van der Waals surface area contributed by atoms with Gasteiger partial charge in [-0.3, -0.25) is 0 Å². The molecule has 0 bridgehead atoms. The van der Waals surface area contributed by atoms with E-state index in [9.17, 15) is 5.11 Å². The van der Waals surface area contributed by atoms with Crippen molar-refractivity contribution in [1.29, 1.82) is 0 Å². The van der Waals surface area contributed by atoms with Gasteiger partial charge in [-0.25, -0.2) is 0 Å². The Kier molecular flexibility index (Phi) is 3.55. The highest BCUT2D eigenvalue weighted by Crippen LogP contribution is 2.23. The summed E-state index contributed by atoms with van der Waals surface area (Å²) in [6.07, 6.45) is 0. The van der Waals surface area contributed by atoms with Gasteiger partial charge in [0.1, 0.15) is 18.1 Å². The van der Waals surface area contributed by atoms with E-state index in [2.05, 4.69) is 0 Å². The molecule has 2 nitrogen and oxygen atoms in total. The lowest BCUT2D eigenvalue weighted by molar-refractivity contribution is 0.299. The number of aromatic hydroxyl groups is 1. The summed E-state index contributed by atoms with van der Waals surface area (Å²) in [5.74, 6) is 0.939. The van der Waals surface area contributed by atoms with Crippen LogP contribution in [-0.2, 0) is 6.61 Å². The quantitative estimate of drug-likeness (QED) is 0.892. The fourth-order valence-corrected chi connectivity index (χ4v) is 1.62. The van der Waals surface area contributed by atoms with E-state index in [0.29, 0.717) is 11.6 Å². The molecular weight excluding hydrogens is 236 g/mol. The third-order valence-electron chi connectivity index (χ3n) is 2.46. The molecule has 0 aliphatic carbocycles. The van der Waals surface area contributed by atoms with E-state index in [-0.39, 0.29) is 5.75 Å². The predicted octanol–water partition coefficient (Wildman–Crippen LogP) is 3.93. The van der Waals surface area contributed by atoms with Crippen molar-refractivity contribution in [1.82, 2.24) is 0 Å². The van der Waals surface area contributed by atoms with Crippen molar-refractivity contribution in [2.45, 2.75) is 13.5 Å². The third-order valence-corrected chi connectivity index (χ3v) is 2.70. The highest BCUT2D eigenvalue weighted by molar-refractivity contribution is 6.30. The fourth-order valence-electron chi connectivity index (χ4n) is 1.45. The molecule has 0 atom stereocenters. The summed E-state index contributed by atoms with van der Waals surface area (Å²) in [5, 5.41) is 10.2. The van der Waals surface area contributed by atoms with Gasteiger partial charge in [0.15, 0.2) is 0 Å². The van der Waals surface area contributed by atoms with E-state index in [1.54, 1.807) is 12.1 Å². The van der Waals surface area contributed by atoms with Crippen molar-refractivity contribution in [2.24, 2.45) is 0 Å². The van der Waals surface area contributed by atoms with Gasteiger partial charge in [-0.15, -0.1) is 0 Å². The minimum Gasteiger partial charge on any atom is -0.507 e. The average Bonchev–Trinajstić information content (AvgIpc) is 2.30. The Balaban J connectivity index is 2.04. The lowest BCUT2D eigenvalue weighted by Gasteiger charge is -2.08. The Labute approximate surface area is 105 Å². The number of hydrogen-bond donors (Lipinski definition) is 1. The molecule has 1 N–H and O–H groups in total. The Morgan fingerprint density at radius 3 is 2.47 bits per heavy atom. The van der Waals surface area contributed by atoms with Crippen molar-refractivity contribution in [2.75, 3.05) is 0 Å². The second kappa shape index (κ2) is 5.11. The van der Waals surface area contributed by atoms with E-state index >= 15 is 0 Å². The van der Waals surface area contributed by atoms with Gasteiger partial charge >= 0.3 is 0 Å². The maximum Gasteiger partial charge on any atom is 0.123 e. The second-order valence-electron chi connectivity index (χ2n) is 3.87. The Bertz CT molecular complexity index is 506. The largest absolute Gasteiger partial charge is 0.507 e. The number of phenolic OH excluding ortho intramolecular Hbond substituents is 1. The number of aryl methyl sites for hydroxylation is 1. The molecule has 17 heavy (non-hydrogen) atoms. The molecule has 3 heteroatoms. The molecule has 0 heterocycles. The first kappa shape index (κ1) is 11.8. The van der Waals surface area contributed by atoms with Crippen LogP contribution in [0.4, 0.5) is 0 Å². The molecule has 0 saturated carbocycles. The molecule has 2 rings (SSSR count). The van der Waals surface area contributed by atoms with Crippen LogP contribution in [0.2, 0.25) is 5.02 Å². The summed E-state index contributed by atoms with van der Waals surface area (Å²) >= 11 is 5.75. The number of ether oxygens (including phenoxy) is 1. The number of hydrogen-bond acceptors (Lipinski definition) is 2. The van der Waals surface area contributed by atoms with Crippen LogP contribution in [0.15, 0.2) is 42.5 Å². The lowest BCUT2D eigenvalue weighted by Crippen LogP contribution is -1.95. The Morgan fingerprint density at radius 1 is 1.12 bits per heavy atom. The molecule has 2 aromatic carbocycles. The molecule has 88 valence electrons. The van der Waals surface area contributed by atoms with E-state index in [1.807, 2.05) is 31.2 Å². The van der Waals surface area contributed by atoms with Gasteiger partial charge in [0.25, 0.3) is 0 Å². The molecule has 0 spiro atoms. The first-order chi connectivity index (χ1) is 8.15. The van der Waals surface area contributed by atoms with E-state index < -0.39 is 0 Å². The highest BCUT2D eigenvalue weighted by atomic mass is 35.5. The van der Waals surface area contributed by atoms with Crippen molar-refractivity contribution in [3.63, 3.8) is 0 Å². The van der Waals surface area contributed by atoms with Gasteiger partial charge in [0, 0.05) is 10.6 Å². The summed E-state index contributed by atoms with van der Waals surface area (Å²) in [7, 11) is 0. The predicted molar refractivity (Wildman–Crippen MR) is 68.6 cm³/mol. The van der Waals surface area contributed by atoms with E-state index in [4.69, 9.17) is 16.3 Å². The monoisotopic (exact) mass is 248 g/mol. The van der Waals surface area contributed by atoms with E-state index in [1.165, 1.54) is 11.6 Å². The van der Waals surface area contributed by atoms with E-state index in [0.717, 1.165) is 11.3 Å². The number of rotatable bonds is 3. The third kappa shape index (κ3) is 3.14. The number of phenols is 1. The van der Waals surface area contributed by atoms with Crippen LogP contribution in [0.5, 0.6) is 11.5 Å². The number of halogens is 1. The zero-order chi connectivity index (χ0) is 12.3. The van der Waals surface area contributed by atoms with Crippen LogP contribution in [0.3, 0.4) is 0 Å². The van der Waals surface area contributed by atoms with Gasteiger partial charge in [0.2, 0.25) is 0 Å². The fraction of sp³-hybridized carbons (Fsp3) is 0.143. The molecule has 0 aromatic heterocycles. The molecule has 0 aliphatic rings. The summed E-state index contributed by atoms with van der Waals surface area (Å²) in [4.78, 5) is 0. The summed E-state index contributed by atoms with van der Waals surface area (Å²) < 4.78 is 5.56. The minimum atomic E-state index is 0.157. The molecule has 0 fully saturated rings. The van der Waals surface area contributed by atoms with Gasteiger partial charge in [-0.2, -0.15) is 0 Å². The van der Waals surface area contributed by atoms with Crippen LogP contribution >= 0.6 is 11.6 Å². The molecule has 0 saturated heterocycles. The van der Waals surface area contributed by atoms with Crippen molar-refractivity contribution in [3.05, 3.63) is 58.6 Å². The molecule has 0 amide bonds. The van der Waals surface area contributed by atoms with Gasteiger partial charge < -0.3 is 9.84 Å². The summed E-state index contributed by atoms with van der Waals surface area (Å²) in [5.41, 5.74) is 1.90. The van der Waals surface area contributed by atoms with Crippen molar-refractivity contribution < 1.29 is 9.84 Å². The van der Waals surface area contributed by atoms with Crippen LogP contribution < -0.4 is 4.74 Å². The van der Waals surface area contributed by atoms with Crippen LogP contribution in [-0.4, -0.2) is 5.11 Å². The molecular formula is C14H13ClO2. The van der Waals surface area contributed by atoms with Crippen molar-refractivity contribution >= 4 is 11.6 Å². The van der Waals surface area contributed by atoms with Crippen LogP contribution in [0.25, 0.3) is 0 Å². The average molecular weight is 249 g/mol. The highest BCUT2D eigenvalue weighted by Gasteiger charge is 2.02. The van der Waals surface area contributed by atoms with Gasteiger partial charge in [-0.1, -0.05) is 35.4 Å². The first-order valence-electron chi connectivity index (χ1n) is 5.32. The zero-order valence-corrected chi connectivity index (χ0v) is 10.2. The Morgan fingerprint density at radius 2 is 1.82 bits per heavy atom. The lowest BCUT2D eigenvalue weighted by atomic mass is 10.2. The molecule has 2 aromatic rings. The zero-order valence-electron chi connectivity index (χ0n) is 9.48. The SMILES string of the molecule is Cc1ccc(OCc2ccc(Cl)cc2O)cc1. The molecule has 0 radical (unpaired) electrons. The topological polar surface area (TPSA) is 29.5 Å². The maximum atomic E-state index is 9.65. The van der Waals surface area contributed by atoms with Gasteiger partial charge in [-0.05, 0) is 31.2 Å². The molecule has 0 unspecified atom stereocenters. The minimum absolute atomic E-state index is 0.157. The van der Waals surface area contributed by atoms with Gasteiger partial charge in [0.05, 0.1) is 0 Å². The smallest absolute Gasteiger partial charge is 0.123 e. The van der Waals surface area contributed by atoms with Crippen LogP contribution in [0.1, 0.15) is 11.1 Å². The summed E-state index contributed by atoms with van der Waals surface area (Å²) in [6.45, 7) is 2.35. The maximum absolute atomic E-state index is 9.65. The Hall–Kier alpha value is -1.67. The first-order valence-corrected chi connectivity index (χ1v) is 5.70. The van der Waals surface area contributed by atoms with Crippen molar-refractivity contribution in [3.8, 4) is 11.5 Å². The standard InChI is InChI=1S/C14H13ClO2/c1-10-2-6-13(7-3-10)17-9-11-4-5-12(15)8-14(11)16/h2-8,16H,9H2,1H3. The van der Waals surface area contributed by atoms with Crippen LogP contribution in [0, 0.1) is 6.92 Å². The molecule has 0 aliphatic heterocycles. The normalized spacial score (nSPS) is 10.2.